The van der Waals surface area contributed by atoms with Gasteiger partial charge in [-0.25, -0.2) is 4.79 Å². The largest absolute Gasteiger partial charge is 0.507 e. The smallest absolute Gasteiger partial charge is 0.347 e. The minimum atomic E-state index is -0.920. The Morgan fingerprint density at radius 3 is 2.85 bits per heavy atom. The number of fused-ring (bicyclic) bond motifs is 3. The number of hydrogen-bond donors (Lipinski definition) is 1. The number of Topliss-reactive ketones (excluding diaryl/α,β-unsaturated/α-hetero) is 2. The maximum absolute atomic E-state index is 13.0. The first kappa shape index (κ1) is 16.3. The van der Waals surface area contributed by atoms with Crippen molar-refractivity contribution in [2.24, 2.45) is 5.92 Å². The van der Waals surface area contributed by atoms with E-state index in [1.807, 2.05) is 0 Å². The highest BCUT2D eigenvalue weighted by molar-refractivity contribution is 6.26. The maximum atomic E-state index is 13.0. The van der Waals surface area contributed by atoms with Crippen LogP contribution < -0.4 is 0 Å². The molecule has 0 aromatic heterocycles. The molecule has 4 rings (SSSR count). The van der Waals surface area contributed by atoms with Crippen molar-refractivity contribution in [3.8, 4) is 5.75 Å². The molecule has 0 radical (unpaired) electrons. The standard InChI is InChI=1S/C20H16O6/c1-2-25-20(24)15-8-12-14(9-26-15)19(23)16-13(17(12)21)7-10-5-3-4-6-11(10)18(16)22/h3-7,9,12,15,22H,2,8H2,1H3. The van der Waals surface area contributed by atoms with Gasteiger partial charge < -0.3 is 14.6 Å². The van der Waals surface area contributed by atoms with Gasteiger partial charge in [0.05, 0.1) is 24.4 Å². The third-order valence-electron chi connectivity index (χ3n) is 4.83. The lowest BCUT2D eigenvalue weighted by Crippen LogP contribution is -2.39. The van der Waals surface area contributed by atoms with Gasteiger partial charge in [-0.1, -0.05) is 24.3 Å². The van der Waals surface area contributed by atoms with Crippen molar-refractivity contribution in [3.63, 3.8) is 0 Å². The molecule has 0 fully saturated rings. The first-order valence-corrected chi connectivity index (χ1v) is 8.38. The van der Waals surface area contributed by atoms with Gasteiger partial charge >= 0.3 is 5.97 Å². The molecule has 2 aromatic rings. The predicted molar refractivity (Wildman–Crippen MR) is 92.0 cm³/mol. The molecule has 0 bridgehead atoms. The second-order valence-electron chi connectivity index (χ2n) is 6.30. The summed E-state index contributed by atoms with van der Waals surface area (Å²) in [6.07, 6.45) is 0.284. The van der Waals surface area contributed by atoms with Crippen molar-refractivity contribution in [2.45, 2.75) is 19.4 Å². The number of phenolic OH excluding ortho intramolecular Hbond substituents is 1. The molecular weight excluding hydrogens is 336 g/mol. The second kappa shape index (κ2) is 5.98. The number of carbonyl (C=O) groups is 3. The summed E-state index contributed by atoms with van der Waals surface area (Å²) in [6.45, 7) is 1.89. The summed E-state index contributed by atoms with van der Waals surface area (Å²) in [7, 11) is 0. The number of allylic oxidation sites excluding steroid dienone is 1. The van der Waals surface area contributed by atoms with Crippen LogP contribution in [-0.2, 0) is 14.3 Å². The Labute approximate surface area is 149 Å². The van der Waals surface area contributed by atoms with Gasteiger partial charge in [0.1, 0.15) is 5.75 Å². The van der Waals surface area contributed by atoms with Gasteiger partial charge in [0, 0.05) is 22.9 Å². The zero-order valence-electron chi connectivity index (χ0n) is 14.0. The number of benzene rings is 2. The monoisotopic (exact) mass is 352 g/mol. The van der Waals surface area contributed by atoms with Gasteiger partial charge in [0.2, 0.25) is 0 Å². The van der Waals surface area contributed by atoms with Crippen LogP contribution in [0.4, 0.5) is 0 Å². The first-order valence-electron chi connectivity index (χ1n) is 8.38. The second-order valence-corrected chi connectivity index (χ2v) is 6.30. The third-order valence-corrected chi connectivity index (χ3v) is 4.83. The Kier molecular flexibility index (Phi) is 3.76. The highest BCUT2D eigenvalue weighted by Gasteiger charge is 2.44. The van der Waals surface area contributed by atoms with Crippen LogP contribution in [0.5, 0.6) is 5.75 Å². The molecule has 132 valence electrons. The van der Waals surface area contributed by atoms with Gasteiger partial charge in [-0.05, 0) is 18.4 Å². The fraction of sp³-hybridized carbons (Fsp3) is 0.250. The fourth-order valence-corrected chi connectivity index (χ4v) is 3.57. The summed E-state index contributed by atoms with van der Waals surface area (Å²) in [5.41, 5.74) is 0.334. The van der Waals surface area contributed by atoms with Crippen LogP contribution in [0.3, 0.4) is 0 Å². The average Bonchev–Trinajstić information content (AvgIpc) is 2.66. The van der Waals surface area contributed by atoms with Gasteiger partial charge in [-0.15, -0.1) is 0 Å². The van der Waals surface area contributed by atoms with Crippen LogP contribution in [0.15, 0.2) is 42.2 Å². The Morgan fingerprint density at radius 2 is 2.08 bits per heavy atom. The van der Waals surface area contributed by atoms with Crippen molar-refractivity contribution < 1.29 is 29.0 Å². The summed E-state index contributed by atoms with van der Waals surface area (Å²) in [6, 6.07) is 8.62. The number of hydrogen-bond acceptors (Lipinski definition) is 6. The Morgan fingerprint density at radius 1 is 1.31 bits per heavy atom. The van der Waals surface area contributed by atoms with Crippen LogP contribution in [0.25, 0.3) is 10.8 Å². The van der Waals surface area contributed by atoms with Crippen molar-refractivity contribution >= 4 is 28.3 Å². The molecule has 0 spiro atoms. The number of esters is 1. The Hall–Kier alpha value is -3.15. The van der Waals surface area contributed by atoms with Crippen molar-refractivity contribution in [1.29, 1.82) is 0 Å². The van der Waals surface area contributed by atoms with E-state index in [-0.39, 0.29) is 41.3 Å². The molecule has 6 nitrogen and oxygen atoms in total. The molecule has 2 aliphatic rings. The first-order chi connectivity index (χ1) is 12.5. The topological polar surface area (TPSA) is 89.9 Å². The van der Waals surface area contributed by atoms with Crippen molar-refractivity contribution in [1.82, 2.24) is 0 Å². The number of phenols is 1. The molecule has 1 aliphatic carbocycles. The van der Waals surface area contributed by atoms with E-state index in [1.54, 1.807) is 37.3 Å². The maximum Gasteiger partial charge on any atom is 0.347 e. The van der Waals surface area contributed by atoms with Crippen LogP contribution in [0, 0.1) is 5.92 Å². The van der Waals surface area contributed by atoms with E-state index in [1.165, 1.54) is 0 Å². The summed E-state index contributed by atoms with van der Waals surface area (Å²) in [4.78, 5) is 37.8. The lowest BCUT2D eigenvalue weighted by Gasteiger charge is -2.31. The zero-order chi connectivity index (χ0) is 18.4. The van der Waals surface area contributed by atoms with Crippen molar-refractivity contribution in [2.75, 3.05) is 6.61 Å². The SMILES string of the molecule is CCOC(=O)C1CC2C(=O)c3cc4ccccc4c(O)c3C(=O)C2=CO1. The average molecular weight is 352 g/mol. The molecule has 2 aromatic carbocycles. The van der Waals surface area contributed by atoms with E-state index in [2.05, 4.69) is 0 Å². The summed E-state index contributed by atoms with van der Waals surface area (Å²) in [5, 5.41) is 11.7. The van der Waals surface area contributed by atoms with Gasteiger partial charge in [0.15, 0.2) is 17.7 Å². The minimum absolute atomic E-state index is 0.00520. The molecule has 2 atom stereocenters. The molecule has 2 unspecified atom stereocenters. The van der Waals surface area contributed by atoms with E-state index in [4.69, 9.17) is 9.47 Å². The summed E-state index contributed by atoms with van der Waals surface area (Å²) in [5.74, 6) is -2.29. The highest BCUT2D eigenvalue weighted by Crippen LogP contribution is 2.42. The third kappa shape index (κ3) is 2.29. The number of ether oxygens (including phenoxy) is 2. The summed E-state index contributed by atoms with van der Waals surface area (Å²) >= 11 is 0. The quantitative estimate of drug-likeness (QED) is 0.836. The normalized spacial score (nSPS) is 21.5. The highest BCUT2D eigenvalue weighted by atomic mass is 16.6. The minimum Gasteiger partial charge on any atom is -0.507 e. The van der Waals surface area contributed by atoms with Gasteiger partial charge in [-0.3, -0.25) is 9.59 Å². The van der Waals surface area contributed by atoms with Crippen molar-refractivity contribution in [3.05, 3.63) is 53.3 Å². The zero-order valence-corrected chi connectivity index (χ0v) is 14.0. The molecule has 1 N–H and O–H groups in total. The van der Waals surface area contributed by atoms with E-state index < -0.39 is 23.8 Å². The predicted octanol–water partition coefficient (Wildman–Crippen LogP) is 2.78. The van der Waals surface area contributed by atoms with Gasteiger partial charge in [-0.2, -0.15) is 0 Å². The molecule has 0 saturated heterocycles. The van der Waals surface area contributed by atoms with E-state index in [9.17, 15) is 19.5 Å². The lowest BCUT2D eigenvalue weighted by atomic mass is 9.74. The molecular formula is C20H16O6. The summed E-state index contributed by atoms with van der Waals surface area (Å²) < 4.78 is 10.3. The lowest BCUT2D eigenvalue weighted by molar-refractivity contribution is -0.154. The van der Waals surface area contributed by atoms with Crippen LogP contribution in [0.1, 0.15) is 34.1 Å². The molecule has 0 amide bonds. The van der Waals surface area contributed by atoms with Crippen LogP contribution >= 0.6 is 0 Å². The molecule has 1 heterocycles. The molecule has 1 aliphatic heterocycles. The number of aromatic hydroxyl groups is 1. The Bertz CT molecular complexity index is 987. The number of rotatable bonds is 2. The van der Waals surface area contributed by atoms with Crippen LogP contribution in [-0.4, -0.2) is 35.4 Å². The Balaban J connectivity index is 1.82. The van der Waals surface area contributed by atoms with Gasteiger partial charge in [0.25, 0.3) is 0 Å². The number of carbonyl (C=O) groups excluding carboxylic acids is 3. The van der Waals surface area contributed by atoms with E-state index in [0.29, 0.717) is 10.8 Å². The van der Waals surface area contributed by atoms with E-state index in [0.717, 1.165) is 6.26 Å². The number of ketones is 2. The molecule has 26 heavy (non-hydrogen) atoms. The van der Waals surface area contributed by atoms with E-state index >= 15 is 0 Å². The molecule has 0 saturated carbocycles. The fourth-order valence-electron chi connectivity index (χ4n) is 3.57. The van der Waals surface area contributed by atoms with Crippen LogP contribution in [0.2, 0.25) is 0 Å². The molecule has 6 heteroatoms.